The fraction of sp³-hybridized carbons (Fsp3) is 0.294. The molecule has 1 nitrogen and oxygen atoms in total. The normalized spacial score (nSPS) is 13.2. The van der Waals surface area contributed by atoms with E-state index in [-0.39, 0.29) is 23.4 Å². The Kier molecular flexibility index (Phi) is 4.19. The Morgan fingerprint density at radius 3 is 2.05 bits per heavy atom. The molecule has 0 saturated heterocycles. The monoisotopic (exact) mass is 275 g/mol. The third-order valence-corrected chi connectivity index (χ3v) is 3.93. The van der Waals surface area contributed by atoms with Gasteiger partial charge in [0.25, 0.3) is 0 Å². The van der Waals surface area contributed by atoms with Crippen LogP contribution in [0.15, 0.2) is 48.5 Å². The average Bonchev–Trinajstić information content (AvgIpc) is 2.43. The summed E-state index contributed by atoms with van der Waals surface area (Å²) in [5, 5.41) is 0. The molecule has 106 valence electrons. The zero-order chi connectivity index (χ0) is 14.8. The molecule has 0 bridgehead atoms. The highest BCUT2D eigenvalue weighted by Crippen LogP contribution is 2.28. The van der Waals surface area contributed by atoms with E-state index in [1.165, 1.54) is 18.2 Å². The standard InChI is InChI=1S/C17H19F2N/c1-17(2,12-7-4-3-5-8-12)16(20)11-13-14(18)9-6-10-15(13)19/h3-10,16H,11,20H2,1-2H3. The zero-order valence-electron chi connectivity index (χ0n) is 11.7. The summed E-state index contributed by atoms with van der Waals surface area (Å²) in [4.78, 5) is 0. The van der Waals surface area contributed by atoms with E-state index in [2.05, 4.69) is 0 Å². The Balaban J connectivity index is 2.26. The summed E-state index contributed by atoms with van der Waals surface area (Å²) in [6.45, 7) is 3.98. The molecule has 0 saturated carbocycles. The molecule has 20 heavy (non-hydrogen) atoms. The lowest BCUT2D eigenvalue weighted by atomic mass is 9.76. The molecule has 0 radical (unpaired) electrons. The van der Waals surface area contributed by atoms with Gasteiger partial charge in [-0.2, -0.15) is 0 Å². The molecule has 3 heteroatoms. The maximum absolute atomic E-state index is 13.7. The molecule has 0 aliphatic rings. The van der Waals surface area contributed by atoms with Crippen LogP contribution in [0.25, 0.3) is 0 Å². The van der Waals surface area contributed by atoms with E-state index in [4.69, 9.17) is 5.73 Å². The second-order valence-electron chi connectivity index (χ2n) is 5.60. The molecular weight excluding hydrogens is 256 g/mol. The van der Waals surface area contributed by atoms with Crippen LogP contribution >= 0.6 is 0 Å². The lowest BCUT2D eigenvalue weighted by molar-refractivity contribution is 0.395. The van der Waals surface area contributed by atoms with E-state index in [1.54, 1.807) is 0 Å². The SMILES string of the molecule is CC(C)(c1ccccc1)C(N)Cc1c(F)cccc1F. The Bertz CT molecular complexity index is 559. The molecule has 0 fully saturated rings. The quantitative estimate of drug-likeness (QED) is 0.902. The average molecular weight is 275 g/mol. The van der Waals surface area contributed by atoms with Crippen molar-refractivity contribution >= 4 is 0 Å². The Hall–Kier alpha value is -1.74. The second-order valence-corrected chi connectivity index (χ2v) is 5.60. The number of benzene rings is 2. The molecule has 2 rings (SSSR count). The van der Waals surface area contributed by atoms with Crippen LogP contribution in [0.2, 0.25) is 0 Å². The highest BCUT2D eigenvalue weighted by molar-refractivity contribution is 5.28. The van der Waals surface area contributed by atoms with Crippen LogP contribution in [0.1, 0.15) is 25.0 Å². The minimum absolute atomic E-state index is 0.0593. The number of nitrogens with two attached hydrogens (primary N) is 1. The van der Waals surface area contributed by atoms with Gasteiger partial charge in [-0.15, -0.1) is 0 Å². The van der Waals surface area contributed by atoms with Gasteiger partial charge in [-0.25, -0.2) is 8.78 Å². The molecular formula is C17H19F2N. The van der Waals surface area contributed by atoms with Crippen molar-refractivity contribution in [1.82, 2.24) is 0 Å². The van der Waals surface area contributed by atoms with Gasteiger partial charge < -0.3 is 5.73 Å². The van der Waals surface area contributed by atoms with Crippen LogP contribution < -0.4 is 5.73 Å². The van der Waals surface area contributed by atoms with Crippen molar-refractivity contribution in [2.45, 2.75) is 31.7 Å². The van der Waals surface area contributed by atoms with Gasteiger partial charge in [0.15, 0.2) is 0 Å². The van der Waals surface area contributed by atoms with Crippen LogP contribution in [0.5, 0.6) is 0 Å². The molecule has 2 aromatic rings. The molecule has 0 aromatic heterocycles. The summed E-state index contributed by atoms with van der Waals surface area (Å²) in [6, 6.07) is 13.3. The summed E-state index contributed by atoms with van der Waals surface area (Å²) < 4.78 is 27.4. The maximum Gasteiger partial charge on any atom is 0.129 e. The van der Waals surface area contributed by atoms with E-state index in [1.807, 2.05) is 44.2 Å². The summed E-state index contributed by atoms with van der Waals surface area (Å²) >= 11 is 0. The molecule has 2 aromatic carbocycles. The first-order chi connectivity index (χ1) is 9.43. The first-order valence-corrected chi connectivity index (χ1v) is 6.67. The molecule has 2 N–H and O–H groups in total. The lowest BCUT2D eigenvalue weighted by Gasteiger charge is -2.32. The minimum Gasteiger partial charge on any atom is -0.327 e. The smallest absolute Gasteiger partial charge is 0.129 e. The first kappa shape index (κ1) is 14.7. The Labute approximate surface area is 118 Å². The highest BCUT2D eigenvalue weighted by Gasteiger charge is 2.29. The molecule has 1 unspecified atom stereocenters. The number of rotatable bonds is 4. The van der Waals surface area contributed by atoms with Gasteiger partial charge >= 0.3 is 0 Å². The van der Waals surface area contributed by atoms with Crippen molar-refractivity contribution in [3.8, 4) is 0 Å². The largest absolute Gasteiger partial charge is 0.327 e. The summed E-state index contributed by atoms with van der Waals surface area (Å²) in [6.07, 6.45) is 0.167. The molecule has 0 heterocycles. The Morgan fingerprint density at radius 1 is 0.950 bits per heavy atom. The van der Waals surface area contributed by atoms with Gasteiger partial charge in [0, 0.05) is 17.0 Å². The number of hydrogen-bond donors (Lipinski definition) is 1. The number of hydrogen-bond acceptors (Lipinski definition) is 1. The van der Waals surface area contributed by atoms with Gasteiger partial charge in [-0.1, -0.05) is 50.2 Å². The summed E-state index contributed by atoms with van der Waals surface area (Å²) in [7, 11) is 0. The van der Waals surface area contributed by atoms with Crippen LogP contribution in [-0.2, 0) is 11.8 Å². The van der Waals surface area contributed by atoms with Crippen LogP contribution in [0.3, 0.4) is 0 Å². The van der Waals surface area contributed by atoms with Crippen molar-refractivity contribution in [2.24, 2.45) is 5.73 Å². The zero-order valence-corrected chi connectivity index (χ0v) is 11.7. The molecule has 0 aliphatic carbocycles. The Morgan fingerprint density at radius 2 is 1.50 bits per heavy atom. The van der Waals surface area contributed by atoms with Crippen molar-refractivity contribution in [1.29, 1.82) is 0 Å². The summed E-state index contributed by atoms with van der Waals surface area (Å²) in [5.74, 6) is -1.08. The van der Waals surface area contributed by atoms with Gasteiger partial charge in [-0.05, 0) is 24.1 Å². The topological polar surface area (TPSA) is 26.0 Å². The third-order valence-electron chi connectivity index (χ3n) is 3.93. The van der Waals surface area contributed by atoms with Crippen molar-refractivity contribution in [3.05, 3.63) is 71.3 Å². The first-order valence-electron chi connectivity index (χ1n) is 6.67. The van der Waals surface area contributed by atoms with Crippen LogP contribution in [-0.4, -0.2) is 6.04 Å². The predicted molar refractivity (Wildman–Crippen MR) is 77.5 cm³/mol. The third kappa shape index (κ3) is 2.88. The van der Waals surface area contributed by atoms with Crippen molar-refractivity contribution in [2.75, 3.05) is 0 Å². The van der Waals surface area contributed by atoms with Gasteiger partial charge in [0.2, 0.25) is 0 Å². The molecule has 1 atom stereocenters. The second kappa shape index (κ2) is 5.71. The predicted octanol–water partition coefficient (Wildman–Crippen LogP) is 3.81. The van der Waals surface area contributed by atoms with Gasteiger partial charge in [0.1, 0.15) is 11.6 Å². The van der Waals surface area contributed by atoms with Gasteiger partial charge in [0.05, 0.1) is 0 Å². The minimum atomic E-state index is -0.538. The molecule has 0 spiro atoms. The van der Waals surface area contributed by atoms with E-state index in [0.29, 0.717) is 0 Å². The van der Waals surface area contributed by atoms with E-state index >= 15 is 0 Å². The van der Waals surface area contributed by atoms with Crippen molar-refractivity contribution < 1.29 is 8.78 Å². The van der Waals surface area contributed by atoms with Crippen molar-refractivity contribution in [3.63, 3.8) is 0 Å². The van der Waals surface area contributed by atoms with E-state index in [0.717, 1.165) is 5.56 Å². The van der Waals surface area contributed by atoms with Gasteiger partial charge in [-0.3, -0.25) is 0 Å². The number of halogens is 2. The highest BCUT2D eigenvalue weighted by atomic mass is 19.1. The fourth-order valence-electron chi connectivity index (χ4n) is 2.28. The van der Waals surface area contributed by atoms with Crippen LogP contribution in [0.4, 0.5) is 8.78 Å². The molecule has 0 aliphatic heterocycles. The fourth-order valence-corrected chi connectivity index (χ4v) is 2.28. The van der Waals surface area contributed by atoms with Crippen LogP contribution in [0, 0.1) is 11.6 Å². The van der Waals surface area contributed by atoms with E-state index < -0.39 is 11.6 Å². The molecule has 0 amide bonds. The lowest BCUT2D eigenvalue weighted by Crippen LogP contribution is -2.42. The maximum atomic E-state index is 13.7. The van der Waals surface area contributed by atoms with E-state index in [9.17, 15) is 8.78 Å². The summed E-state index contributed by atoms with van der Waals surface area (Å²) in [5.41, 5.74) is 6.97.